The molecule has 0 bridgehead atoms. The molecule has 2 amide bonds. The maximum Gasteiger partial charge on any atom is 0.305 e. The van der Waals surface area contributed by atoms with Gasteiger partial charge in [-0.2, -0.15) is 0 Å². The predicted octanol–water partition coefficient (Wildman–Crippen LogP) is 0.857. The van der Waals surface area contributed by atoms with E-state index in [0.29, 0.717) is 25.1 Å². The number of hydrogen-bond acceptors (Lipinski definition) is 7. The number of nitrogens with one attached hydrogen (secondary N) is 3. The molecule has 0 aromatic carbocycles. The molecule has 2 atom stereocenters. The van der Waals surface area contributed by atoms with Gasteiger partial charge in [0.05, 0.1) is 30.7 Å². The summed E-state index contributed by atoms with van der Waals surface area (Å²) < 4.78 is 0. The first kappa shape index (κ1) is 22.7. The molecule has 174 valence electrons. The molecule has 10 nitrogen and oxygen atoms in total. The lowest BCUT2D eigenvalue weighted by molar-refractivity contribution is -0.138. The number of fused-ring (bicyclic) bond motifs is 1. The third kappa shape index (κ3) is 5.83. The van der Waals surface area contributed by atoms with Crippen molar-refractivity contribution in [2.24, 2.45) is 0 Å². The Morgan fingerprint density at radius 2 is 2.18 bits per heavy atom. The lowest BCUT2D eigenvalue weighted by atomic mass is 10.1. The molecule has 4 heterocycles. The van der Waals surface area contributed by atoms with Gasteiger partial charge in [0, 0.05) is 32.0 Å². The summed E-state index contributed by atoms with van der Waals surface area (Å²) in [6, 6.07) is 6.37. The largest absolute Gasteiger partial charge is 0.481 e. The van der Waals surface area contributed by atoms with Crippen LogP contribution in [0.5, 0.6) is 0 Å². The van der Waals surface area contributed by atoms with Gasteiger partial charge in [0.25, 0.3) is 0 Å². The number of nitrogens with zero attached hydrogens (tertiary/aromatic N) is 3. The summed E-state index contributed by atoms with van der Waals surface area (Å²) in [6.07, 6.45) is 5.56. The minimum Gasteiger partial charge on any atom is -0.481 e. The van der Waals surface area contributed by atoms with Crippen LogP contribution >= 0.6 is 0 Å². The van der Waals surface area contributed by atoms with Crippen molar-refractivity contribution in [2.45, 2.75) is 44.3 Å². The van der Waals surface area contributed by atoms with E-state index in [1.54, 1.807) is 18.3 Å². The third-order valence-corrected chi connectivity index (χ3v) is 5.91. The Morgan fingerprint density at radius 3 is 2.97 bits per heavy atom. The fourth-order valence-electron chi connectivity index (χ4n) is 4.20. The Hall–Kier alpha value is -3.53. The SMILES string of the molecule is O=C(O)C[C@H](NC(=O)CN1CC[C@H](NCc2ccc3c(n2)NCCC3)C1=O)c1cccnc1. The Labute approximate surface area is 191 Å². The number of hydrogen-bond donors (Lipinski definition) is 4. The van der Waals surface area contributed by atoms with Crippen molar-refractivity contribution in [2.75, 3.05) is 25.0 Å². The van der Waals surface area contributed by atoms with E-state index in [1.165, 1.54) is 16.7 Å². The number of carbonyl (C=O) groups excluding carboxylic acids is 2. The minimum absolute atomic E-state index is 0.117. The number of pyridine rings is 2. The van der Waals surface area contributed by atoms with Crippen LogP contribution in [0.25, 0.3) is 0 Å². The first-order chi connectivity index (χ1) is 16.0. The van der Waals surface area contributed by atoms with Gasteiger partial charge in [0.1, 0.15) is 5.82 Å². The molecule has 0 saturated carbocycles. The van der Waals surface area contributed by atoms with Gasteiger partial charge in [-0.05, 0) is 42.5 Å². The zero-order chi connectivity index (χ0) is 23.2. The zero-order valence-corrected chi connectivity index (χ0v) is 18.3. The van der Waals surface area contributed by atoms with Crippen molar-refractivity contribution in [3.8, 4) is 0 Å². The molecule has 0 unspecified atom stereocenters. The summed E-state index contributed by atoms with van der Waals surface area (Å²) in [6.45, 7) is 1.73. The molecule has 2 aromatic rings. The third-order valence-electron chi connectivity index (χ3n) is 5.91. The number of aryl methyl sites for hydroxylation is 1. The monoisotopic (exact) mass is 452 g/mol. The van der Waals surface area contributed by atoms with E-state index in [4.69, 9.17) is 0 Å². The number of carbonyl (C=O) groups is 3. The highest BCUT2D eigenvalue weighted by atomic mass is 16.4. The second-order valence-corrected chi connectivity index (χ2v) is 8.33. The molecule has 0 spiro atoms. The lowest BCUT2D eigenvalue weighted by Crippen LogP contribution is -2.43. The normalized spacial score (nSPS) is 18.4. The topological polar surface area (TPSA) is 137 Å². The number of likely N-dealkylation sites (tertiary alicyclic amines) is 1. The van der Waals surface area contributed by atoms with Gasteiger partial charge in [-0.25, -0.2) is 4.98 Å². The van der Waals surface area contributed by atoms with Crippen LogP contribution in [-0.2, 0) is 27.3 Å². The average Bonchev–Trinajstić information content (AvgIpc) is 3.16. The van der Waals surface area contributed by atoms with Crippen molar-refractivity contribution in [3.63, 3.8) is 0 Å². The first-order valence-corrected chi connectivity index (χ1v) is 11.2. The van der Waals surface area contributed by atoms with E-state index in [2.05, 4.69) is 32.0 Å². The number of carboxylic acid groups (broad SMARTS) is 1. The number of aliphatic carboxylic acids is 1. The fourth-order valence-corrected chi connectivity index (χ4v) is 4.20. The van der Waals surface area contributed by atoms with Crippen LogP contribution in [0.4, 0.5) is 5.82 Å². The number of amides is 2. The second-order valence-electron chi connectivity index (χ2n) is 8.33. The second kappa shape index (κ2) is 10.4. The molecule has 2 aromatic heterocycles. The van der Waals surface area contributed by atoms with Gasteiger partial charge in [0.2, 0.25) is 11.8 Å². The van der Waals surface area contributed by atoms with Crippen molar-refractivity contribution < 1.29 is 19.5 Å². The minimum atomic E-state index is -1.03. The molecular formula is C23H28N6O4. The molecule has 0 aliphatic carbocycles. The molecule has 4 N–H and O–H groups in total. The fraction of sp³-hybridized carbons (Fsp3) is 0.435. The Morgan fingerprint density at radius 1 is 1.30 bits per heavy atom. The molecule has 4 rings (SSSR count). The lowest BCUT2D eigenvalue weighted by Gasteiger charge is -2.21. The molecule has 10 heteroatoms. The zero-order valence-electron chi connectivity index (χ0n) is 18.3. The van der Waals surface area contributed by atoms with Crippen LogP contribution in [0.2, 0.25) is 0 Å². The summed E-state index contributed by atoms with van der Waals surface area (Å²) in [5, 5.41) is 18.5. The molecule has 2 aliphatic rings. The van der Waals surface area contributed by atoms with Crippen LogP contribution in [0.1, 0.15) is 42.1 Å². The summed E-state index contributed by atoms with van der Waals surface area (Å²) in [4.78, 5) is 46.7. The summed E-state index contributed by atoms with van der Waals surface area (Å²) in [7, 11) is 0. The van der Waals surface area contributed by atoms with Gasteiger partial charge < -0.3 is 26.0 Å². The first-order valence-electron chi connectivity index (χ1n) is 11.2. The maximum absolute atomic E-state index is 12.8. The van der Waals surface area contributed by atoms with Gasteiger partial charge in [-0.3, -0.25) is 19.4 Å². The van der Waals surface area contributed by atoms with E-state index >= 15 is 0 Å². The molecule has 2 aliphatic heterocycles. The highest BCUT2D eigenvalue weighted by molar-refractivity contribution is 5.89. The molecule has 33 heavy (non-hydrogen) atoms. The highest BCUT2D eigenvalue weighted by Crippen LogP contribution is 2.20. The standard InChI is InChI=1S/C23H28N6O4/c30-20(28-19(11-21(31)32)16-4-1-8-24-12-16)14-29-10-7-18(23(29)33)26-13-17-6-5-15-3-2-9-25-22(15)27-17/h1,4-6,8,12,18-19,26H,2-3,7,9-11,13-14H2,(H,25,27)(H,28,30)(H,31,32)/t18-,19-/m0/s1. The molecular weight excluding hydrogens is 424 g/mol. The number of rotatable bonds is 9. The Kier molecular flexibility index (Phi) is 7.13. The van der Waals surface area contributed by atoms with Crippen LogP contribution in [-0.4, -0.2) is 63.4 Å². The molecule has 1 saturated heterocycles. The summed E-state index contributed by atoms with van der Waals surface area (Å²) in [5.41, 5.74) is 2.68. The van der Waals surface area contributed by atoms with E-state index in [-0.39, 0.29) is 24.9 Å². The Balaban J connectivity index is 1.29. The quantitative estimate of drug-likeness (QED) is 0.440. The molecule has 0 radical (unpaired) electrons. The van der Waals surface area contributed by atoms with Crippen molar-refractivity contribution in [3.05, 3.63) is 53.5 Å². The van der Waals surface area contributed by atoms with E-state index in [1.807, 2.05) is 6.07 Å². The molecule has 1 fully saturated rings. The van der Waals surface area contributed by atoms with Crippen LogP contribution < -0.4 is 16.0 Å². The van der Waals surface area contributed by atoms with Crippen molar-refractivity contribution in [1.29, 1.82) is 0 Å². The van der Waals surface area contributed by atoms with Gasteiger partial charge >= 0.3 is 5.97 Å². The van der Waals surface area contributed by atoms with Gasteiger partial charge in [0.15, 0.2) is 0 Å². The maximum atomic E-state index is 12.8. The van der Waals surface area contributed by atoms with E-state index in [9.17, 15) is 19.5 Å². The smallest absolute Gasteiger partial charge is 0.305 e. The van der Waals surface area contributed by atoms with E-state index in [0.717, 1.165) is 30.9 Å². The highest BCUT2D eigenvalue weighted by Gasteiger charge is 2.33. The van der Waals surface area contributed by atoms with Crippen molar-refractivity contribution in [1.82, 2.24) is 25.5 Å². The van der Waals surface area contributed by atoms with Crippen LogP contribution in [0.15, 0.2) is 36.7 Å². The summed E-state index contributed by atoms with van der Waals surface area (Å²) >= 11 is 0. The Bertz CT molecular complexity index is 1020. The average molecular weight is 453 g/mol. The van der Waals surface area contributed by atoms with Crippen molar-refractivity contribution >= 4 is 23.6 Å². The summed E-state index contributed by atoms with van der Waals surface area (Å²) in [5.74, 6) is -0.656. The number of aromatic nitrogens is 2. The van der Waals surface area contributed by atoms with E-state index < -0.39 is 17.9 Å². The predicted molar refractivity (Wildman–Crippen MR) is 120 cm³/mol. The number of anilines is 1. The number of carboxylic acids is 1. The van der Waals surface area contributed by atoms with Gasteiger partial charge in [-0.1, -0.05) is 12.1 Å². The van der Waals surface area contributed by atoms with Crippen LogP contribution in [0.3, 0.4) is 0 Å². The van der Waals surface area contributed by atoms with Crippen LogP contribution in [0, 0.1) is 0 Å². The van der Waals surface area contributed by atoms with Gasteiger partial charge in [-0.15, -0.1) is 0 Å².